The smallest absolute Gasteiger partial charge is 0.210 e. The van der Waals surface area contributed by atoms with Gasteiger partial charge in [0.25, 0.3) is 0 Å². The molecular weight excluding hydrogens is 212 g/mol. The van der Waals surface area contributed by atoms with Crippen molar-refractivity contribution in [3.8, 4) is 0 Å². The van der Waals surface area contributed by atoms with Gasteiger partial charge in [0.15, 0.2) is 0 Å². The Hall–Kier alpha value is -0.910. The molecule has 0 aliphatic heterocycles. The van der Waals surface area contributed by atoms with E-state index in [1.807, 2.05) is 25.1 Å². The number of nitrogens with two attached hydrogens (primary N) is 1. The number of sulfonamides is 1. The van der Waals surface area contributed by atoms with Crippen LogP contribution in [-0.2, 0) is 16.6 Å². The summed E-state index contributed by atoms with van der Waals surface area (Å²) in [5.74, 6) is -0.0290. The number of benzene rings is 1. The van der Waals surface area contributed by atoms with Gasteiger partial charge in [0, 0.05) is 13.1 Å². The average Bonchev–Trinajstić information content (AvgIpc) is 2.11. The maximum absolute atomic E-state index is 10.6. The maximum atomic E-state index is 10.6. The molecule has 0 fully saturated rings. The molecule has 5 heteroatoms. The second-order valence-electron chi connectivity index (χ2n) is 3.53. The van der Waals surface area contributed by atoms with Crippen molar-refractivity contribution in [3.63, 3.8) is 0 Å². The molecule has 3 N–H and O–H groups in total. The summed E-state index contributed by atoms with van der Waals surface area (Å²) in [6, 6.07) is 8.06. The molecule has 0 aromatic heterocycles. The van der Waals surface area contributed by atoms with Crippen molar-refractivity contribution in [3.05, 3.63) is 35.4 Å². The van der Waals surface area contributed by atoms with Gasteiger partial charge in [-0.1, -0.05) is 29.8 Å². The van der Waals surface area contributed by atoms with Crippen molar-refractivity contribution in [2.24, 2.45) is 5.14 Å². The van der Waals surface area contributed by atoms with Gasteiger partial charge in [-0.25, -0.2) is 13.6 Å². The van der Waals surface area contributed by atoms with Crippen molar-refractivity contribution in [2.75, 3.05) is 12.3 Å². The topological polar surface area (TPSA) is 72.2 Å². The normalized spacial score (nSPS) is 11.6. The molecule has 0 radical (unpaired) electrons. The quantitative estimate of drug-likeness (QED) is 0.715. The van der Waals surface area contributed by atoms with Crippen molar-refractivity contribution >= 4 is 10.0 Å². The molecule has 1 rings (SSSR count). The molecule has 0 heterocycles. The van der Waals surface area contributed by atoms with E-state index in [0.29, 0.717) is 13.1 Å². The molecule has 0 saturated heterocycles. The molecule has 1 aromatic rings. The summed E-state index contributed by atoms with van der Waals surface area (Å²) in [5.41, 5.74) is 2.34. The standard InChI is InChI=1S/C10H16N2O2S/c1-9-3-2-4-10(7-9)8-12-5-6-15(11,13)14/h2-4,7,12H,5-6,8H2,1H3,(H2,11,13,14). The van der Waals surface area contributed by atoms with E-state index in [0.717, 1.165) is 5.56 Å². The predicted molar refractivity (Wildman–Crippen MR) is 60.9 cm³/mol. The summed E-state index contributed by atoms with van der Waals surface area (Å²) < 4.78 is 21.3. The number of primary sulfonamides is 1. The van der Waals surface area contributed by atoms with Crippen LogP contribution < -0.4 is 10.5 Å². The first-order valence-electron chi connectivity index (χ1n) is 4.74. The summed E-state index contributed by atoms with van der Waals surface area (Å²) in [6.07, 6.45) is 0. The molecule has 84 valence electrons. The lowest BCUT2D eigenvalue weighted by Crippen LogP contribution is -2.26. The third-order valence-corrected chi connectivity index (χ3v) is 2.75. The molecule has 0 bridgehead atoms. The number of hydrogen-bond donors (Lipinski definition) is 2. The van der Waals surface area contributed by atoms with Crippen LogP contribution in [0.3, 0.4) is 0 Å². The summed E-state index contributed by atoms with van der Waals surface area (Å²) in [7, 11) is -3.35. The number of hydrogen-bond acceptors (Lipinski definition) is 3. The minimum absolute atomic E-state index is 0.0290. The van der Waals surface area contributed by atoms with Gasteiger partial charge < -0.3 is 5.32 Å². The SMILES string of the molecule is Cc1cccc(CNCCS(N)(=O)=O)c1. The summed E-state index contributed by atoms with van der Waals surface area (Å²) in [4.78, 5) is 0. The van der Waals surface area contributed by atoms with E-state index >= 15 is 0 Å². The van der Waals surface area contributed by atoms with Crippen LogP contribution in [0.15, 0.2) is 24.3 Å². The van der Waals surface area contributed by atoms with E-state index in [-0.39, 0.29) is 5.75 Å². The van der Waals surface area contributed by atoms with Crippen molar-refractivity contribution in [1.82, 2.24) is 5.32 Å². The zero-order chi connectivity index (χ0) is 11.3. The van der Waals surface area contributed by atoms with Gasteiger partial charge in [0.05, 0.1) is 5.75 Å². The van der Waals surface area contributed by atoms with Crippen LogP contribution in [0.4, 0.5) is 0 Å². The van der Waals surface area contributed by atoms with Crippen LogP contribution >= 0.6 is 0 Å². The van der Waals surface area contributed by atoms with Crippen molar-refractivity contribution < 1.29 is 8.42 Å². The Morgan fingerprint density at radius 3 is 2.73 bits per heavy atom. The van der Waals surface area contributed by atoms with Gasteiger partial charge in [0.2, 0.25) is 10.0 Å². The zero-order valence-electron chi connectivity index (χ0n) is 8.73. The Labute approximate surface area is 90.5 Å². The van der Waals surface area contributed by atoms with E-state index in [9.17, 15) is 8.42 Å². The molecule has 0 atom stereocenters. The van der Waals surface area contributed by atoms with E-state index in [4.69, 9.17) is 5.14 Å². The van der Waals surface area contributed by atoms with Gasteiger partial charge in [-0.15, -0.1) is 0 Å². The fraction of sp³-hybridized carbons (Fsp3) is 0.400. The predicted octanol–water partition coefficient (Wildman–Crippen LogP) is 0.373. The van der Waals surface area contributed by atoms with Crippen LogP contribution in [0.5, 0.6) is 0 Å². The van der Waals surface area contributed by atoms with E-state index in [2.05, 4.69) is 11.4 Å². The van der Waals surface area contributed by atoms with Gasteiger partial charge >= 0.3 is 0 Å². The second kappa shape index (κ2) is 5.25. The number of nitrogens with one attached hydrogen (secondary N) is 1. The highest BCUT2D eigenvalue weighted by Gasteiger charge is 2.00. The van der Waals surface area contributed by atoms with Gasteiger partial charge in [-0.05, 0) is 12.5 Å². The Balaban J connectivity index is 2.32. The Morgan fingerprint density at radius 2 is 2.13 bits per heavy atom. The fourth-order valence-corrected chi connectivity index (χ4v) is 1.70. The zero-order valence-corrected chi connectivity index (χ0v) is 9.55. The highest BCUT2D eigenvalue weighted by molar-refractivity contribution is 7.89. The first-order valence-corrected chi connectivity index (χ1v) is 6.46. The lowest BCUT2D eigenvalue weighted by Gasteiger charge is -2.04. The van der Waals surface area contributed by atoms with Crippen molar-refractivity contribution in [2.45, 2.75) is 13.5 Å². The van der Waals surface area contributed by atoms with Crippen LogP contribution in [-0.4, -0.2) is 20.7 Å². The molecule has 0 spiro atoms. The molecule has 0 aliphatic carbocycles. The summed E-state index contributed by atoms with van der Waals surface area (Å²) >= 11 is 0. The first-order chi connectivity index (χ1) is 6.97. The van der Waals surface area contributed by atoms with Crippen LogP contribution in [0.2, 0.25) is 0 Å². The molecule has 0 saturated carbocycles. The van der Waals surface area contributed by atoms with Gasteiger partial charge in [0.1, 0.15) is 0 Å². The maximum Gasteiger partial charge on any atom is 0.210 e. The minimum Gasteiger partial charge on any atom is -0.312 e. The van der Waals surface area contributed by atoms with Crippen LogP contribution in [0.1, 0.15) is 11.1 Å². The average molecular weight is 228 g/mol. The third kappa shape index (κ3) is 5.51. The van der Waals surface area contributed by atoms with Gasteiger partial charge in [-0.2, -0.15) is 0 Å². The number of aryl methyl sites for hydroxylation is 1. The molecule has 0 aliphatic rings. The van der Waals surface area contributed by atoms with Crippen LogP contribution in [0, 0.1) is 6.92 Å². The molecule has 4 nitrogen and oxygen atoms in total. The van der Waals surface area contributed by atoms with Crippen molar-refractivity contribution in [1.29, 1.82) is 0 Å². The molecule has 0 amide bonds. The highest BCUT2D eigenvalue weighted by atomic mass is 32.2. The van der Waals surface area contributed by atoms with Crippen LogP contribution in [0.25, 0.3) is 0 Å². The summed E-state index contributed by atoms with van der Waals surface area (Å²) in [5, 5.41) is 7.90. The first kappa shape index (κ1) is 12.2. The lowest BCUT2D eigenvalue weighted by atomic mass is 10.1. The third-order valence-electron chi connectivity index (χ3n) is 1.97. The highest BCUT2D eigenvalue weighted by Crippen LogP contribution is 2.02. The number of rotatable bonds is 5. The van der Waals surface area contributed by atoms with Gasteiger partial charge in [-0.3, -0.25) is 0 Å². The molecule has 0 unspecified atom stereocenters. The molecule has 15 heavy (non-hydrogen) atoms. The fourth-order valence-electron chi connectivity index (χ4n) is 1.27. The Bertz CT molecular complexity index is 415. The largest absolute Gasteiger partial charge is 0.312 e. The monoisotopic (exact) mass is 228 g/mol. The minimum atomic E-state index is -3.35. The van der Waals surface area contributed by atoms with E-state index in [1.54, 1.807) is 0 Å². The Morgan fingerprint density at radius 1 is 1.40 bits per heavy atom. The Kier molecular flexibility index (Phi) is 4.26. The lowest BCUT2D eigenvalue weighted by molar-refractivity contribution is 0.592. The molecular formula is C10H16N2O2S. The second-order valence-corrected chi connectivity index (χ2v) is 5.27. The molecule has 1 aromatic carbocycles. The summed E-state index contributed by atoms with van der Waals surface area (Å²) in [6.45, 7) is 3.07. The van der Waals surface area contributed by atoms with E-state index < -0.39 is 10.0 Å². The van der Waals surface area contributed by atoms with E-state index in [1.165, 1.54) is 5.56 Å².